The molecular weight excluding hydrogens is 206 g/mol. The minimum Gasteiger partial charge on any atom is -0.479 e. The molecular formula is C8H13NO6. The molecule has 0 saturated carbocycles. The summed E-state index contributed by atoms with van der Waals surface area (Å²) in [5.41, 5.74) is 5.06. The standard InChI is InChI=1S/C4H7N.C4H6O6/c1-3-4(2)5;5-1(3(7)8)2(6)4(9)10/h1,4H,5H2,2H3;1-2,5-6H,(H,7,8)(H,9,10)/t4-;1-,2-/m11/s1. The van der Waals surface area contributed by atoms with Gasteiger partial charge in [-0.2, -0.15) is 0 Å². The average Bonchev–Trinajstić information content (AvgIpc) is 2.16. The number of rotatable bonds is 3. The number of hydrogen-bond donors (Lipinski definition) is 5. The van der Waals surface area contributed by atoms with Gasteiger partial charge in [0.25, 0.3) is 0 Å². The molecule has 0 saturated heterocycles. The summed E-state index contributed by atoms with van der Waals surface area (Å²) in [6.45, 7) is 1.76. The van der Waals surface area contributed by atoms with Gasteiger partial charge >= 0.3 is 11.9 Å². The summed E-state index contributed by atoms with van der Waals surface area (Å²) in [5.74, 6) is -1.23. The highest BCUT2D eigenvalue weighted by atomic mass is 16.4. The van der Waals surface area contributed by atoms with Crippen molar-refractivity contribution in [3.05, 3.63) is 0 Å². The lowest BCUT2D eigenvalue weighted by Gasteiger charge is -2.07. The van der Waals surface area contributed by atoms with E-state index in [0.717, 1.165) is 0 Å². The first-order chi connectivity index (χ1) is 6.73. The third-order valence-corrected chi connectivity index (χ3v) is 1.07. The van der Waals surface area contributed by atoms with Gasteiger partial charge in [0, 0.05) is 0 Å². The molecule has 0 fully saturated rings. The topological polar surface area (TPSA) is 141 Å². The van der Waals surface area contributed by atoms with Gasteiger partial charge in [0.05, 0.1) is 6.04 Å². The number of carboxylic acids is 2. The summed E-state index contributed by atoms with van der Waals surface area (Å²) < 4.78 is 0. The molecule has 0 spiro atoms. The largest absolute Gasteiger partial charge is 0.479 e. The number of hydrogen-bond acceptors (Lipinski definition) is 5. The Morgan fingerprint density at radius 2 is 1.40 bits per heavy atom. The molecule has 0 aliphatic heterocycles. The predicted octanol–water partition coefficient (Wildman–Crippen LogP) is -2.16. The highest BCUT2D eigenvalue weighted by Crippen LogP contribution is 1.92. The van der Waals surface area contributed by atoms with Crippen LogP contribution in [0.25, 0.3) is 0 Å². The Bertz CT molecular complexity index is 238. The van der Waals surface area contributed by atoms with Gasteiger partial charge in [0.1, 0.15) is 0 Å². The van der Waals surface area contributed by atoms with E-state index in [0.29, 0.717) is 0 Å². The summed E-state index contributed by atoms with van der Waals surface area (Å²) in [5, 5.41) is 32.5. The fraction of sp³-hybridized carbons (Fsp3) is 0.500. The maximum absolute atomic E-state index is 9.77. The van der Waals surface area contributed by atoms with E-state index >= 15 is 0 Å². The Morgan fingerprint density at radius 1 is 1.20 bits per heavy atom. The molecule has 0 aromatic heterocycles. The minimum absolute atomic E-state index is 0.0880. The Balaban J connectivity index is 0. The van der Waals surface area contributed by atoms with Gasteiger partial charge in [0.2, 0.25) is 0 Å². The molecule has 15 heavy (non-hydrogen) atoms. The molecule has 7 heteroatoms. The molecule has 0 bridgehead atoms. The third-order valence-electron chi connectivity index (χ3n) is 1.07. The highest BCUT2D eigenvalue weighted by molar-refractivity contribution is 5.83. The van der Waals surface area contributed by atoms with Crippen LogP contribution in [0, 0.1) is 12.3 Å². The van der Waals surface area contributed by atoms with Crippen LogP contribution in [0.4, 0.5) is 0 Å². The van der Waals surface area contributed by atoms with Crippen molar-refractivity contribution in [3.8, 4) is 12.3 Å². The first kappa shape index (κ1) is 15.8. The number of aliphatic carboxylic acids is 2. The van der Waals surface area contributed by atoms with Crippen LogP contribution in [-0.4, -0.2) is 50.6 Å². The number of carboxylic acid groups (broad SMARTS) is 2. The summed E-state index contributed by atoms with van der Waals surface area (Å²) in [6, 6.07) is -0.0880. The minimum atomic E-state index is -2.27. The first-order valence-corrected chi connectivity index (χ1v) is 3.77. The van der Waals surface area contributed by atoms with Crippen LogP contribution in [0.5, 0.6) is 0 Å². The van der Waals surface area contributed by atoms with E-state index in [-0.39, 0.29) is 6.04 Å². The second kappa shape index (κ2) is 7.75. The Morgan fingerprint density at radius 3 is 1.47 bits per heavy atom. The van der Waals surface area contributed by atoms with Crippen LogP contribution < -0.4 is 5.73 Å². The van der Waals surface area contributed by atoms with E-state index in [1.807, 2.05) is 0 Å². The van der Waals surface area contributed by atoms with Crippen molar-refractivity contribution in [1.82, 2.24) is 0 Å². The van der Waals surface area contributed by atoms with Crippen molar-refractivity contribution in [3.63, 3.8) is 0 Å². The maximum atomic E-state index is 9.77. The zero-order valence-electron chi connectivity index (χ0n) is 7.99. The van der Waals surface area contributed by atoms with Gasteiger partial charge in [-0.25, -0.2) is 9.59 Å². The lowest BCUT2D eigenvalue weighted by molar-refractivity contribution is -0.165. The van der Waals surface area contributed by atoms with Crippen molar-refractivity contribution >= 4 is 11.9 Å². The number of aliphatic hydroxyl groups excluding tert-OH is 2. The van der Waals surface area contributed by atoms with Gasteiger partial charge in [-0.1, -0.05) is 5.92 Å². The SMILES string of the molecule is C#C[C@@H](C)N.O=C(O)[C@H](O)[C@@H](O)C(=O)O. The van der Waals surface area contributed by atoms with Crippen molar-refractivity contribution in [2.75, 3.05) is 0 Å². The van der Waals surface area contributed by atoms with Gasteiger partial charge < -0.3 is 26.2 Å². The zero-order chi connectivity index (χ0) is 12.6. The van der Waals surface area contributed by atoms with Crippen LogP contribution in [0.15, 0.2) is 0 Å². The molecule has 6 N–H and O–H groups in total. The van der Waals surface area contributed by atoms with Crippen LogP contribution in [0.3, 0.4) is 0 Å². The number of aliphatic hydroxyl groups is 2. The second-order valence-electron chi connectivity index (χ2n) is 2.52. The molecule has 0 unspecified atom stereocenters. The molecule has 7 nitrogen and oxygen atoms in total. The van der Waals surface area contributed by atoms with Crippen LogP contribution in [0.2, 0.25) is 0 Å². The third kappa shape index (κ3) is 8.70. The van der Waals surface area contributed by atoms with E-state index < -0.39 is 24.1 Å². The molecule has 0 radical (unpaired) electrons. The van der Waals surface area contributed by atoms with E-state index in [9.17, 15) is 9.59 Å². The molecule has 0 aliphatic rings. The fourth-order valence-corrected chi connectivity index (χ4v) is 0.270. The molecule has 3 atom stereocenters. The van der Waals surface area contributed by atoms with Crippen molar-refractivity contribution in [2.45, 2.75) is 25.2 Å². The van der Waals surface area contributed by atoms with E-state index in [1.54, 1.807) is 6.92 Å². The smallest absolute Gasteiger partial charge is 0.335 e. The molecule has 0 rings (SSSR count). The first-order valence-electron chi connectivity index (χ1n) is 3.77. The summed E-state index contributed by atoms with van der Waals surface area (Å²) in [6.07, 6.45) is 0.264. The van der Waals surface area contributed by atoms with Gasteiger partial charge in [-0.3, -0.25) is 0 Å². The summed E-state index contributed by atoms with van der Waals surface area (Å²) in [7, 11) is 0. The fourth-order valence-electron chi connectivity index (χ4n) is 0.270. The molecule has 0 aromatic carbocycles. The average molecular weight is 219 g/mol. The number of nitrogens with two attached hydrogens (primary N) is 1. The van der Waals surface area contributed by atoms with Crippen molar-refractivity contribution in [2.24, 2.45) is 5.73 Å². The number of carbonyl (C=O) groups is 2. The molecule has 0 amide bonds. The van der Waals surface area contributed by atoms with E-state index in [1.165, 1.54) is 0 Å². The van der Waals surface area contributed by atoms with E-state index in [2.05, 4.69) is 5.92 Å². The maximum Gasteiger partial charge on any atom is 0.335 e. The second-order valence-corrected chi connectivity index (χ2v) is 2.52. The lowest BCUT2D eigenvalue weighted by Crippen LogP contribution is -2.39. The number of terminal acetylenes is 1. The summed E-state index contributed by atoms with van der Waals surface area (Å²) >= 11 is 0. The molecule has 0 heterocycles. The lowest BCUT2D eigenvalue weighted by atomic mass is 10.2. The van der Waals surface area contributed by atoms with Crippen molar-refractivity contribution in [1.29, 1.82) is 0 Å². The monoisotopic (exact) mass is 219 g/mol. The normalized spacial score (nSPS) is 14.9. The van der Waals surface area contributed by atoms with Gasteiger partial charge in [-0.15, -0.1) is 6.42 Å². The van der Waals surface area contributed by atoms with E-state index in [4.69, 9.17) is 32.6 Å². The predicted molar refractivity (Wildman–Crippen MR) is 49.8 cm³/mol. The zero-order valence-corrected chi connectivity index (χ0v) is 7.99. The quantitative estimate of drug-likeness (QED) is 0.340. The Kier molecular flexibility index (Phi) is 8.18. The molecule has 0 aliphatic carbocycles. The Labute approximate surface area is 86.1 Å². The van der Waals surface area contributed by atoms with Crippen molar-refractivity contribution < 1.29 is 30.0 Å². The Hall–Kier alpha value is -1.62. The van der Waals surface area contributed by atoms with Crippen LogP contribution in [0.1, 0.15) is 6.92 Å². The summed E-state index contributed by atoms with van der Waals surface area (Å²) in [4.78, 5) is 19.5. The highest BCUT2D eigenvalue weighted by Gasteiger charge is 2.29. The molecule has 0 aromatic rings. The van der Waals surface area contributed by atoms with Gasteiger partial charge in [-0.05, 0) is 6.92 Å². The molecule has 86 valence electrons. The van der Waals surface area contributed by atoms with Gasteiger partial charge in [0.15, 0.2) is 12.2 Å². The van der Waals surface area contributed by atoms with Crippen LogP contribution in [-0.2, 0) is 9.59 Å². The van der Waals surface area contributed by atoms with Crippen LogP contribution >= 0.6 is 0 Å².